The molecular formula is C35H39N7O2S. The van der Waals surface area contributed by atoms with E-state index in [1.54, 1.807) is 29.9 Å². The molecule has 10 heteroatoms. The minimum atomic E-state index is -0.0829. The van der Waals surface area contributed by atoms with Crippen molar-refractivity contribution in [2.45, 2.75) is 83.3 Å². The zero-order valence-electron chi connectivity index (χ0n) is 25.9. The number of pyridine rings is 1. The number of ether oxygens (including phenoxy) is 1. The molecule has 0 spiro atoms. The summed E-state index contributed by atoms with van der Waals surface area (Å²) in [6.07, 6.45) is 18.9. The van der Waals surface area contributed by atoms with E-state index in [2.05, 4.69) is 44.7 Å². The van der Waals surface area contributed by atoms with Crippen LogP contribution in [0.3, 0.4) is 0 Å². The summed E-state index contributed by atoms with van der Waals surface area (Å²) in [6, 6.07) is 6.54. The third-order valence-corrected chi connectivity index (χ3v) is 11.3. The van der Waals surface area contributed by atoms with Crippen LogP contribution in [0.25, 0.3) is 10.2 Å². The second kappa shape index (κ2) is 12.0. The van der Waals surface area contributed by atoms with Crippen molar-refractivity contribution in [3.05, 3.63) is 76.4 Å². The van der Waals surface area contributed by atoms with Gasteiger partial charge in [0.15, 0.2) is 0 Å². The molecule has 3 saturated carbocycles. The van der Waals surface area contributed by atoms with Gasteiger partial charge in [0.25, 0.3) is 0 Å². The molecule has 45 heavy (non-hydrogen) atoms. The molecule has 1 aliphatic heterocycles. The highest BCUT2D eigenvalue weighted by Gasteiger charge is 2.48. The van der Waals surface area contributed by atoms with E-state index in [1.165, 1.54) is 10.4 Å². The Morgan fingerprint density at radius 2 is 2.00 bits per heavy atom. The van der Waals surface area contributed by atoms with Crippen LogP contribution in [-0.4, -0.2) is 50.4 Å². The summed E-state index contributed by atoms with van der Waals surface area (Å²) in [6.45, 7) is 5.99. The number of anilines is 1. The van der Waals surface area contributed by atoms with Crippen LogP contribution in [-0.2, 0) is 17.8 Å². The van der Waals surface area contributed by atoms with E-state index in [4.69, 9.17) is 4.74 Å². The number of aromatic nitrogens is 3. The van der Waals surface area contributed by atoms with Crippen LogP contribution in [0.15, 0.2) is 60.3 Å². The predicted molar refractivity (Wildman–Crippen MR) is 176 cm³/mol. The highest BCUT2D eigenvalue weighted by Crippen LogP contribution is 2.51. The minimum Gasteiger partial charge on any atom is -0.456 e. The van der Waals surface area contributed by atoms with Gasteiger partial charge in [-0.3, -0.25) is 9.78 Å². The van der Waals surface area contributed by atoms with Crippen molar-refractivity contribution in [1.29, 1.82) is 5.26 Å². The number of nitriles is 1. The summed E-state index contributed by atoms with van der Waals surface area (Å²) in [4.78, 5) is 30.8. The van der Waals surface area contributed by atoms with Gasteiger partial charge in [-0.25, -0.2) is 9.97 Å². The van der Waals surface area contributed by atoms with E-state index in [0.717, 1.165) is 90.2 Å². The number of nitrogens with zero attached hydrogens (tertiary/aromatic N) is 5. The Hall–Kier alpha value is -4.07. The van der Waals surface area contributed by atoms with Crippen LogP contribution in [0.5, 0.6) is 5.75 Å². The molecule has 4 aliphatic carbocycles. The second-order valence-corrected chi connectivity index (χ2v) is 14.2. The van der Waals surface area contributed by atoms with E-state index < -0.39 is 0 Å². The summed E-state index contributed by atoms with van der Waals surface area (Å²) in [7, 11) is 0. The fourth-order valence-corrected chi connectivity index (χ4v) is 8.47. The number of carbonyl (C=O) groups excluding carboxylic acids is 1. The molecule has 3 fully saturated rings. The standard InChI is InChI=1S/C35H39N7O2S/c1-23-18-25(6-8-28(23)44-26-7-5-24(2)37-19-26)41-32-31-27-9-17-42(20-29(27)45-33(31)39-22-38-32)30(43)4-3-16-40-35-13-10-34(21-36,11-14-35)12-15-35/h3-8,19,22,25,40H,9-18,20H2,1-2H3,(H,38,39,41)/b4-3+. The first-order valence-electron chi connectivity index (χ1n) is 16.0. The molecule has 0 saturated heterocycles. The monoisotopic (exact) mass is 621 g/mol. The Morgan fingerprint density at radius 1 is 1.18 bits per heavy atom. The Bertz CT molecular complexity index is 1730. The molecule has 3 aromatic heterocycles. The summed E-state index contributed by atoms with van der Waals surface area (Å²) in [5.74, 6) is 2.47. The van der Waals surface area contributed by atoms with Gasteiger partial charge < -0.3 is 20.3 Å². The van der Waals surface area contributed by atoms with Crippen LogP contribution >= 0.6 is 11.3 Å². The predicted octanol–water partition coefficient (Wildman–Crippen LogP) is 6.14. The number of carbonyl (C=O) groups is 1. The lowest BCUT2D eigenvalue weighted by Gasteiger charge is -2.50. The third kappa shape index (κ3) is 5.99. The molecule has 1 atom stereocenters. The van der Waals surface area contributed by atoms with Crippen molar-refractivity contribution in [2.24, 2.45) is 5.41 Å². The second-order valence-electron chi connectivity index (χ2n) is 13.1. The van der Waals surface area contributed by atoms with Gasteiger partial charge in [-0.1, -0.05) is 12.2 Å². The first kappa shape index (κ1) is 29.6. The zero-order valence-corrected chi connectivity index (χ0v) is 26.8. The maximum atomic E-state index is 13.1. The average molecular weight is 622 g/mol. The summed E-state index contributed by atoms with van der Waals surface area (Å²) in [5.41, 5.74) is 3.41. The van der Waals surface area contributed by atoms with E-state index in [9.17, 15) is 10.1 Å². The summed E-state index contributed by atoms with van der Waals surface area (Å²) < 4.78 is 6.09. The summed E-state index contributed by atoms with van der Waals surface area (Å²) in [5, 5.41) is 18.0. The van der Waals surface area contributed by atoms with Crippen LogP contribution in [0.1, 0.15) is 68.0 Å². The highest BCUT2D eigenvalue weighted by molar-refractivity contribution is 7.19. The number of hydrogen-bond acceptors (Lipinski definition) is 9. The number of thiophene rings is 1. The lowest BCUT2D eigenvalue weighted by atomic mass is 9.58. The molecule has 232 valence electrons. The molecule has 0 radical (unpaired) electrons. The Morgan fingerprint density at radius 3 is 2.73 bits per heavy atom. The van der Waals surface area contributed by atoms with E-state index >= 15 is 0 Å². The quantitative estimate of drug-likeness (QED) is 0.289. The molecule has 4 heterocycles. The van der Waals surface area contributed by atoms with Gasteiger partial charge in [0.2, 0.25) is 5.91 Å². The molecule has 1 unspecified atom stereocenters. The largest absolute Gasteiger partial charge is 0.456 e. The number of hydrogen-bond donors (Lipinski definition) is 2. The highest BCUT2D eigenvalue weighted by atomic mass is 32.1. The topological polar surface area (TPSA) is 116 Å². The van der Waals surface area contributed by atoms with Crippen molar-refractivity contribution < 1.29 is 9.53 Å². The average Bonchev–Trinajstić information content (AvgIpc) is 3.45. The van der Waals surface area contributed by atoms with Crippen molar-refractivity contribution in [3.63, 3.8) is 0 Å². The third-order valence-electron chi connectivity index (χ3n) is 10.1. The molecule has 0 aromatic carbocycles. The number of nitrogens with one attached hydrogen (secondary N) is 2. The van der Waals surface area contributed by atoms with Gasteiger partial charge in [0.1, 0.15) is 28.5 Å². The Labute approximate surface area is 268 Å². The smallest absolute Gasteiger partial charge is 0.246 e. The number of fused-ring (bicyclic) bond motifs is 6. The number of amides is 1. The lowest BCUT2D eigenvalue weighted by Crippen LogP contribution is -2.54. The first-order valence-corrected chi connectivity index (χ1v) is 16.8. The maximum Gasteiger partial charge on any atom is 0.246 e. The zero-order chi connectivity index (χ0) is 31.0. The maximum absolute atomic E-state index is 13.1. The Balaban J connectivity index is 0.966. The van der Waals surface area contributed by atoms with Crippen LogP contribution < -0.4 is 15.4 Å². The van der Waals surface area contributed by atoms with E-state index in [1.807, 2.05) is 36.1 Å². The van der Waals surface area contributed by atoms with Crippen LogP contribution in [0.2, 0.25) is 0 Å². The van der Waals surface area contributed by atoms with Crippen LogP contribution in [0, 0.1) is 23.7 Å². The number of allylic oxidation sites excluding steroid dienone is 1. The minimum absolute atomic E-state index is 0.0478. The number of aryl methyl sites for hydroxylation is 1. The summed E-state index contributed by atoms with van der Waals surface area (Å²) >= 11 is 1.66. The van der Waals surface area contributed by atoms with Gasteiger partial charge in [-0.05, 0) is 94.6 Å². The van der Waals surface area contributed by atoms with Crippen molar-refractivity contribution in [3.8, 4) is 11.8 Å². The fraction of sp³-hybridized carbons (Fsp3) is 0.457. The normalized spacial score (nSPS) is 25.9. The fourth-order valence-electron chi connectivity index (χ4n) is 7.27. The molecule has 5 aliphatic rings. The van der Waals surface area contributed by atoms with Gasteiger partial charge in [-0.15, -0.1) is 11.3 Å². The molecule has 2 bridgehead atoms. The van der Waals surface area contributed by atoms with Gasteiger partial charge in [-0.2, -0.15) is 5.26 Å². The van der Waals surface area contributed by atoms with Gasteiger partial charge in [0.05, 0.1) is 35.7 Å². The Kier molecular flexibility index (Phi) is 7.92. The molecule has 1 amide bonds. The van der Waals surface area contributed by atoms with E-state index in [-0.39, 0.29) is 22.9 Å². The van der Waals surface area contributed by atoms with Crippen molar-refractivity contribution in [1.82, 2.24) is 25.2 Å². The molecular weight excluding hydrogens is 582 g/mol. The van der Waals surface area contributed by atoms with Gasteiger partial charge in [0, 0.05) is 35.3 Å². The van der Waals surface area contributed by atoms with E-state index in [0.29, 0.717) is 19.6 Å². The van der Waals surface area contributed by atoms with Crippen molar-refractivity contribution >= 4 is 33.3 Å². The van der Waals surface area contributed by atoms with Gasteiger partial charge >= 0.3 is 0 Å². The SMILES string of the molecule is CC1=C(Oc2ccc(C)nc2)C=CC(Nc2ncnc3sc4c(c23)CCN(C(=O)/C=C/CNC23CCC(C#N)(CC2)CC3)C4)C1. The molecule has 9 nitrogen and oxygen atoms in total. The molecule has 8 rings (SSSR count). The number of rotatable bonds is 8. The molecule has 3 aromatic rings. The van der Waals surface area contributed by atoms with Crippen molar-refractivity contribution in [2.75, 3.05) is 18.4 Å². The first-order chi connectivity index (χ1) is 21.8. The molecule has 2 N–H and O–H groups in total. The van der Waals surface area contributed by atoms with Crippen LogP contribution in [0.4, 0.5) is 5.82 Å². The lowest BCUT2D eigenvalue weighted by molar-refractivity contribution is -0.126.